The summed E-state index contributed by atoms with van der Waals surface area (Å²) in [5.41, 5.74) is 0.405. The van der Waals surface area contributed by atoms with Crippen molar-refractivity contribution in [2.75, 3.05) is 5.32 Å². The van der Waals surface area contributed by atoms with Gasteiger partial charge in [-0.15, -0.1) is 0 Å². The topological polar surface area (TPSA) is 86.6 Å². The fourth-order valence-electron chi connectivity index (χ4n) is 2.10. The zero-order chi connectivity index (χ0) is 16.2. The number of hydrogen-bond donors (Lipinski definition) is 3. The van der Waals surface area contributed by atoms with E-state index in [1.165, 1.54) is 0 Å². The molecule has 7 heteroatoms. The number of rotatable bonds is 2. The molecule has 0 aliphatic heterocycles. The minimum absolute atomic E-state index is 0.0505. The summed E-state index contributed by atoms with van der Waals surface area (Å²) < 4.78 is 0. The Kier molecular flexibility index (Phi) is 5.87. The van der Waals surface area contributed by atoms with Crippen molar-refractivity contribution >= 4 is 41.0 Å². The van der Waals surface area contributed by atoms with Crippen molar-refractivity contribution in [3.05, 3.63) is 28.2 Å². The molecule has 21 heavy (non-hydrogen) atoms. The summed E-state index contributed by atoms with van der Waals surface area (Å²) in [6, 6.07) is 5.06. The van der Waals surface area contributed by atoms with Crippen LogP contribution in [-0.2, 0) is 4.79 Å². The lowest BCUT2D eigenvalue weighted by atomic mass is 9.61. The van der Waals surface area contributed by atoms with Crippen LogP contribution in [0, 0.1) is 11.3 Å². The zero-order valence-corrected chi connectivity index (χ0v) is 13.2. The van der Waals surface area contributed by atoms with Gasteiger partial charge in [0, 0.05) is 21.1 Å². The molecule has 1 saturated carbocycles. The van der Waals surface area contributed by atoms with Gasteiger partial charge in [-0.25, -0.2) is 4.79 Å². The lowest BCUT2D eigenvalue weighted by Crippen LogP contribution is -2.45. The second kappa shape index (κ2) is 7.00. The summed E-state index contributed by atoms with van der Waals surface area (Å²) in [5, 5.41) is 17.9. The maximum absolute atomic E-state index is 12.2. The maximum atomic E-state index is 12.2. The van der Waals surface area contributed by atoms with Crippen molar-refractivity contribution < 1.29 is 19.8 Å². The highest BCUT2D eigenvalue weighted by Crippen LogP contribution is 2.46. The number of carbonyl (C=O) groups excluding carboxylic acids is 1. The first-order valence-corrected chi connectivity index (χ1v) is 7.10. The molecular formula is C14H17Cl2NO4. The fraction of sp³-hybridized carbons (Fsp3) is 0.429. The number of hydrogen-bond acceptors (Lipinski definition) is 2. The quantitative estimate of drug-likeness (QED) is 0.738. The molecule has 1 aliphatic carbocycles. The molecule has 3 N–H and O–H groups in total. The van der Waals surface area contributed by atoms with Crippen LogP contribution in [0.25, 0.3) is 0 Å². The van der Waals surface area contributed by atoms with Gasteiger partial charge in [0.25, 0.3) is 0 Å². The van der Waals surface area contributed by atoms with Crippen LogP contribution in [0.1, 0.15) is 26.7 Å². The molecule has 1 amide bonds. The molecule has 0 aromatic heterocycles. The maximum Gasteiger partial charge on any atom is 0.503 e. The van der Waals surface area contributed by atoms with Gasteiger partial charge in [0.1, 0.15) is 0 Å². The number of amides is 1. The Morgan fingerprint density at radius 1 is 1.24 bits per heavy atom. The molecule has 1 aliphatic rings. The first kappa shape index (κ1) is 17.6. The van der Waals surface area contributed by atoms with E-state index in [4.69, 9.17) is 38.2 Å². The summed E-state index contributed by atoms with van der Waals surface area (Å²) in [7, 11) is 0. The molecule has 0 bridgehead atoms. The minimum atomic E-state index is -1.83. The molecule has 2 unspecified atom stereocenters. The second-order valence-electron chi connectivity index (χ2n) is 5.25. The number of anilines is 1. The van der Waals surface area contributed by atoms with Crippen LogP contribution in [0.4, 0.5) is 10.5 Å². The normalized spacial score (nSPS) is 23.3. The summed E-state index contributed by atoms with van der Waals surface area (Å²) in [5.74, 6) is 0.478. The van der Waals surface area contributed by atoms with Gasteiger partial charge in [0.2, 0.25) is 5.91 Å². The first-order chi connectivity index (χ1) is 9.65. The number of benzene rings is 1. The van der Waals surface area contributed by atoms with E-state index < -0.39 is 6.16 Å². The Bertz CT molecular complexity index is 526. The van der Waals surface area contributed by atoms with Gasteiger partial charge in [-0.2, -0.15) is 0 Å². The number of nitrogens with one attached hydrogen (secondary N) is 1. The number of carbonyl (C=O) groups is 2. The lowest BCUT2D eigenvalue weighted by molar-refractivity contribution is -0.133. The van der Waals surface area contributed by atoms with Gasteiger partial charge in [-0.1, -0.05) is 37.0 Å². The van der Waals surface area contributed by atoms with Crippen LogP contribution >= 0.6 is 23.2 Å². The summed E-state index contributed by atoms with van der Waals surface area (Å²) in [6.45, 7) is 4.11. The Labute approximate surface area is 132 Å². The van der Waals surface area contributed by atoms with Gasteiger partial charge in [-0.3, -0.25) is 4.79 Å². The molecule has 5 nitrogen and oxygen atoms in total. The average molecular weight is 334 g/mol. The van der Waals surface area contributed by atoms with Gasteiger partial charge in [-0.05, 0) is 37.0 Å². The van der Waals surface area contributed by atoms with Crippen LogP contribution in [0.5, 0.6) is 0 Å². The second-order valence-corrected chi connectivity index (χ2v) is 6.12. The van der Waals surface area contributed by atoms with Crippen molar-refractivity contribution in [1.82, 2.24) is 0 Å². The van der Waals surface area contributed by atoms with Gasteiger partial charge >= 0.3 is 6.16 Å². The molecular weight excluding hydrogens is 317 g/mol. The smallest absolute Gasteiger partial charge is 0.450 e. The van der Waals surface area contributed by atoms with E-state index in [0.717, 1.165) is 12.8 Å². The van der Waals surface area contributed by atoms with E-state index in [2.05, 4.69) is 12.2 Å². The van der Waals surface area contributed by atoms with Crippen molar-refractivity contribution in [2.24, 2.45) is 11.3 Å². The van der Waals surface area contributed by atoms with Crippen LogP contribution in [-0.4, -0.2) is 22.3 Å². The lowest BCUT2D eigenvalue weighted by Gasteiger charge is -2.43. The zero-order valence-electron chi connectivity index (χ0n) is 11.7. The Hall–Kier alpha value is -1.46. The van der Waals surface area contributed by atoms with Crippen molar-refractivity contribution in [3.8, 4) is 0 Å². The molecule has 2 atom stereocenters. The summed E-state index contributed by atoms with van der Waals surface area (Å²) in [6.07, 6.45) is 0.217. The molecule has 1 aromatic carbocycles. The Balaban J connectivity index is 0.000000491. The van der Waals surface area contributed by atoms with Crippen LogP contribution in [0.2, 0.25) is 10.0 Å². The highest BCUT2D eigenvalue weighted by atomic mass is 35.5. The van der Waals surface area contributed by atoms with Crippen LogP contribution < -0.4 is 5.32 Å². The molecule has 1 fully saturated rings. The van der Waals surface area contributed by atoms with E-state index in [9.17, 15) is 4.79 Å². The van der Waals surface area contributed by atoms with Crippen molar-refractivity contribution in [3.63, 3.8) is 0 Å². The molecule has 0 heterocycles. The Morgan fingerprint density at radius 3 is 2.05 bits per heavy atom. The summed E-state index contributed by atoms with van der Waals surface area (Å²) in [4.78, 5) is 20.7. The molecule has 0 radical (unpaired) electrons. The molecule has 1 aromatic rings. The minimum Gasteiger partial charge on any atom is -0.450 e. The highest BCUT2D eigenvalue weighted by molar-refractivity contribution is 6.35. The largest absolute Gasteiger partial charge is 0.503 e. The van der Waals surface area contributed by atoms with E-state index in [-0.39, 0.29) is 11.3 Å². The highest BCUT2D eigenvalue weighted by Gasteiger charge is 2.45. The third-order valence-corrected chi connectivity index (χ3v) is 4.26. The number of halogens is 2. The fourth-order valence-corrected chi connectivity index (χ4v) is 2.63. The van der Waals surface area contributed by atoms with Crippen LogP contribution in [0.3, 0.4) is 0 Å². The third kappa shape index (κ3) is 4.79. The van der Waals surface area contributed by atoms with E-state index >= 15 is 0 Å². The average Bonchev–Trinajstić information content (AvgIpc) is 2.34. The first-order valence-electron chi connectivity index (χ1n) is 6.34. The standard InChI is InChI=1S/C13H15Cl2NO.CH2O3/c1-8-3-4-13(8,2)12(17)16-11-6-9(14)5-10(15)7-11;2-1(3)4/h5-8H,3-4H2,1-2H3,(H,16,17);(H2,2,3,4). The predicted octanol–water partition coefficient (Wildman–Crippen LogP) is 4.59. The SMILES string of the molecule is CC1CCC1(C)C(=O)Nc1cc(Cl)cc(Cl)c1.O=C(O)O. The Morgan fingerprint density at radius 2 is 1.71 bits per heavy atom. The number of carboxylic acid groups (broad SMARTS) is 2. The summed E-state index contributed by atoms with van der Waals surface area (Å²) >= 11 is 11.8. The van der Waals surface area contributed by atoms with E-state index in [0.29, 0.717) is 21.7 Å². The molecule has 0 saturated heterocycles. The monoisotopic (exact) mass is 333 g/mol. The van der Waals surface area contributed by atoms with E-state index in [1.807, 2.05) is 6.92 Å². The van der Waals surface area contributed by atoms with Gasteiger partial charge in [0.05, 0.1) is 0 Å². The third-order valence-electron chi connectivity index (χ3n) is 3.82. The molecule has 116 valence electrons. The van der Waals surface area contributed by atoms with Crippen molar-refractivity contribution in [1.29, 1.82) is 0 Å². The predicted molar refractivity (Wildman–Crippen MR) is 82.3 cm³/mol. The molecule has 2 rings (SSSR count). The molecule has 0 spiro atoms. The van der Waals surface area contributed by atoms with Gasteiger partial charge in [0.15, 0.2) is 0 Å². The van der Waals surface area contributed by atoms with Gasteiger partial charge < -0.3 is 15.5 Å². The van der Waals surface area contributed by atoms with Crippen LogP contribution in [0.15, 0.2) is 18.2 Å². The van der Waals surface area contributed by atoms with Crippen molar-refractivity contribution in [2.45, 2.75) is 26.7 Å². The van der Waals surface area contributed by atoms with E-state index in [1.54, 1.807) is 18.2 Å².